The van der Waals surface area contributed by atoms with Gasteiger partial charge in [0.15, 0.2) is 5.82 Å². The maximum Gasteiger partial charge on any atom is 0.228 e. The second-order valence-electron chi connectivity index (χ2n) is 7.00. The third-order valence-corrected chi connectivity index (χ3v) is 4.95. The van der Waals surface area contributed by atoms with Crippen molar-refractivity contribution in [3.8, 4) is 28.6 Å². The van der Waals surface area contributed by atoms with E-state index in [0.717, 1.165) is 16.6 Å². The van der Waals surface area contributed by atoms with Gasteiger partial charge in [-0.1, -0.05) is 12.1 Å². The van der Waals surface area contributed by atoms with E-state index >= 15 is 0 Å². The van der Waals surface area contributed by atoms with Gasteiger partial charge < -0.3 is 14.5 Å². The Morgan fingerprint density at radius 1 is 0.875 bits per heavy atom. The Morgan fingerprint density at radius 3 is 2.44 bits per heavy atom. The number of hydrogen-bond donors (Lipinski definition) is 1. The lowest BCUT2D eigenvalue weighted by atomic mass is 10.1. The van der Waals surface area contributed by atoms with Gasteiger partial charge in [-0.05, 0) is 60.7 Å². The number of carbonyl (C=O) groups is 1. The van der Waals surface area contributed by atoms with Crippen molar-refractivity contribution >= 4 is 16.8 Å². The molecule has 0 amide bonds. The number of rotatable bonds is 6. The van der Waals surface area contributed by atoms with Crippen LogP contribution in [0.2, 0.25) is 0 Å². The summed E-state index contributed by atoms with van der Waals surface area (Å²) in [5.41, 5.74) is 3.55. The van der Waals surface area contributed by atoms with Crippen molar-refractivity contribution in [3.63, 3.8) is 0 Å². The number of nitrogens with zero attached hydrogens (tertiary/aromatic N) is 3. The van der Waals surface area contributed by atoms with Crippen LogP contribution in [0.5, 0.6) is 17.4 Å². The molecule has 5 rings (SSSR count). The molecular formula is C25H18N4O3. The lowest BCUT2D eigenvalue weighted by Crippen LogP contribution is -2.03. The van der Waals surface area contributed by atoms with E-state index in [2.05, 4.69) is 19.9 Å². The normalized spacial score (nSPS) is 10.8. The summed E-state index contributed by atoms with van der Waals surface area (Å²) in [4.78, 5) is 29.0. The largest absolute Gasteiger partial charge is 0.495 e. The molecule has 3 aromatic heterocycles. The summed E-state index contributed by atoms with van der Waals surface area (Å²) in [5, 5.41) is 0. The van der Waals surface area contributed by atoms with Gasteiger partial charge in [-0.3, -0.25) is 9.78 Å². The molecule has 0 saturated heterocycles. The van der Waals surface area contributed by atoms with E-state index in [-0.39, 0.29) is 5.78 Å². The zero-order valence-corrected chi connectivity index (χ0v) is 17.1. The highest BCUT2D eigenvalue weighted by molar-refractivity contribution is 6.08. The van der Waals surface area contributed by atoms with Gasteiger partial charge in [0.05, 0.1) is 35.6 Å². The molecule has 5 aromatic rings. The standard InChI is InChI=1S/C25H18N4O3/c1-31-18-12-13-20(27-15-18)19-5-4-14-26-25(19)32-17-10-8-16(9-11-17)23(30)24-28-21-6-2-3-7-22(21)29-24/h2-15H,1H3,(H,28,29). The van der Waals surface area contributed by atoms with Crippen molar-refractivity contribution in [1.82, 2.24) is 19.9 Å². The minimum absolute atomic E-state index is 0.186. The predicted octanol–water partition coefficient (Wildman–Crippen LogP) is 5.05. The lowest BCUT2D eigenvalue weighted by Gasteiger charge is -2.10. The molecule has 0 bridgehead atoms. The van der Waals surface area contributed by atoms with Crippen LogP contribution >= 0.6 is 0 Å². The van der Waals surface area contributed by atoms with Crippen molar-refractivity contribution in [2.45, 2.75) is 0 Å². The van der Waals surface area contributed by atoms with E-state index in [1.807, 2.05) is 48.5 Å². The van der Waals surface area contributed by atoms with Crippen LogP contribution in [0.25, 0.3) is 22.3 Å². The molecule has 156 valence electrons. The highest BCUT2D eigenvalue weighted by atomic mass is 16.5. The first-order chi connectivity index (χ1) is 15.7. The van der Waals surface area contributed by atoms with Crippen LogP contribution in [0.15, 0.2) is 85.2 Å². The number of aromatic nitrogens is 4. The molecule has 0 saturated carbocycles. The van der Waals surface area contributed by atoms with Gasteiger partial charge in [-0.15, -0.1) is 0 Å². The average molecular weight is 422 g/mol. The van der Waals surface area contributed by atoms with E-state index in [1.54, 1.807) is 43.8 Å². The average Bonchev–Trinajstić information content (AvgIpc) is 3.29. The monoisotopic (exact) mass is 422 g/mol. The second-order valence-corrected chi connectivity index (χ2v) is 7.00. The van der Waals surface area contributed by atoms with Crippen molar-refractivity contribution in [3.05, 3.63) is 96.6 Å². The fourth-order valence-electron chi connectivity index (χ4n) is 3.31. The van der Waals surface area contributed by atoms with E-state index in [9.17, 15) is 4.79 Å². The molecular weight excluding hydrogens is 404 g/mol. The molecule has 0 unspecified atom stereocenters. The summed E-state index contributed by atoms with van der Waals surface area (Å²) < 4.78 is 11.2. The Hall–Kier alpha value is -4.52. The molecule has 0 fully saturated rings. The van der Waals surface area contributed by atoms with Gasteiger partial charge in [0.2, 0.25) is 11.7 Å². The van der Waals surface area contributed by atoms with Gasteiger partial charge in [-0.25, -0.2) is 9.97 Å². The van der Waals surface area contributed by atoms with Gasteiger partial charge in [0.25, 0.3) is 0 Å². The number of H-pyrrole nitrogens is 1. The fraction of sp³-hybridized carbons (Fsp3) is 0.0400. The Bertz CT molecular complexity index is 1360. The number of aromatic amines is 1. The summed E-state index contributed by atoms with van der Waals surface area (Å²) >= 11 is 0. The minimum Gasteiger partial charge on any atom is -0.495 e. The number of fused-ring (bicyclic) bond motifs is 1. The molecule has 0 atom stereocenters. The van der Waals surface area contributed by atoms with Crippen LogP contribution in [-0.2, 0) is 0 Å². The minimum atomic E-state index is -0.186. The number of ether oxygens (including phenoxy) is 2. The lowest BCUT2D eigenvalue weighted by molar-refractivity contribution is 0.103. The summed E-state index contributed by atoms with van der Waals surface area (Å²) in [6.45, 7) is 0. The van der Waals surface area contributed by atoms with Gasteiger partial charge >= 0.3 is 0 Å². The number of para-hydroxylation sites is 2. The zero-order chi connectivity index (χ0) is 21.9. The van der Waals surface area contributed by atoms with Crippen LogP contribution in [-0.4, -0.2) is 32.8 Å². The van der Waals surface area contributed by atoms with Gasteiger partial charge in [0.1, 0.15) is 11.5 Å². The molecule has 32 heavy (non-hydrogen) atoms. The summed E-state index contributed by atoms with van der Waals surface area (Å²) in [7, 11) is 1.60. The molecule has 7 nitrogen and oxygen atoms in total. The SMILES string of the molecule is COc1ccc(-c2cccnc2Oc2ccc(C(=O)c3nc4ccccc4[nH]3)cc2)nc1. The molecule has 2 aromatic carbocycles. The van der Waals surface area contributed by atoms with E-state index in [4.69, 9.17) is 9.47 Å². The van der Waals surface area contributed by atoms with E-state index in [1.165, 1.54) is 0 Å². The molecule has 0 aliphatic heterocycles. The third-order valence-electron chi connectivity index (χ3n) is 4.95. The highest BCUT2D eigenvalue weighted by Gasteiger charge is 2.15. The third kappa shape index (κ3) is 3.79. The molecule has 7 heteroatoms. The van der Waals surface area contributed by atoms with Crippen LogP contribution in [0.1, 0.15) is 16.2 Å². The Morgan fingerprint density at radius 2 is 1.69 bits per heavy atom. The van der Waals surface area contributed by atoms with Crippen LogP contribution < -0.4 is 9.47 Å². The van der Waals surface area contributed by atoms with E-state index in [0.29, 0.717) is 34.5 Å². The molecule has 0 aliphatic carbocycles. The zero-order valence-electron chi connectivity index (χ0n) is 17.1. The number of benzene rings is 2. The number of carbonyl (C=O) groups excluding carboxylic acids is 1. The Labute approximate surface area is 183 Å². The van der Waals surface area contributed by atoms with Crippen molar-refractivity contribution in [2.24, 2.45) is 0 Å². The first kappa shape index (κ1) is 19.4. The molecule has 0 radical (unpaired) electrons. The first-order valence-electron chi connectivity index (χ1n) is 9.94. The Kier molecular flexibility index (Phi) is 5.05. The number of hydrogen-bond acceptors (Lipinski definition) is 6. The van der Waals surface area contributed by atoms with Crippen LogP contribution in [0.4, 0.5) is 0 Å². The first-order valence-corrected chi connectivity index (χ1v) is 9.94. The number of ketones is 1. The number of imidazole rings is 1. The van der Waals surface area contributed by atoms with Gasteiger partial charge in [-0.2, -0.15) is 0 Å². The molecule has 1 N–H and O–H groups in total. The number of pyridine rings is 2. The second kappa shape index (κ2) is 8.31. The fourth-order valence-corrected chi connectivity index (χ4v) is 3.31. The predicted molar refractivity (Wildman–Crippen MR) is 120 cm³/mol. The van der Waals surface area contributed by atoms with Crippen LogP contribution in [0.3, 0.4) is 0 Å². The molecule has 3 heterocycles. The smallest absolute Gasteiger partial charge is 0.228 e. The summed E-state index contributed by atoms with van der Waals surface area (Å²) in [6, 6.07) is 21.8. The number of nitrogens with one attached hydrogen (secondary N) is 1. The van der Waals surface area contributed by atoms with Crippen LogP contribution in [0, 0.1) is 0 Å². The van der Waals surface area contributed by atoms with Crippen molar-refractivity contribution < 1.29 is 14.3 Å². The quantitative estimate of drug-likeness (QED) is 0.385. The summed E-state index contributed by atoms with van der Waals surface area (Å²) in [5.74, 6) is 1.76. The maximum absolute atomic E-state index is 12.8. The number of methoxy groups -OCH3 is 1. The maximum atomic E-state index is 12.8. The Balaban J connectivity index is 1.37. The summed E-state index contributed by atoms with van der Waals surface area (Å²) in [6.07, 6.45) is 3.30. The topological polar surface area (TPSA) is 90.0 Å². The molecule has 0 aliphatic rings. The van der Waals surface area contributed by atoms with Crippen molar-refractivity contribution in [1.29, 1.82) is 0 Å². The van der Waals surface area contributed by atoms with Crippen molar-refractivity contribution in [2.75, 3.05) is 7.11 Å². The molecule has 0 spiro atoms. The van der Waals surface area contributed by atoms with E-state index < -0.39 is 0 Å². The highest BCUT2D eigenvalue weighted by Crippen LogP contribution is 2.31. The van der Waals surface area contributed by atoms with Gasteiger partial charge in [0, 0.05) is 11.8 Å².